The first-order valence-corrected chi connectivity index (χ1v) is 6.14. The molecule has 1 heterocycles. The highest BCUT2D eigenvalue weighted by Crippen LogP contribution is 2.30. The molecule has 2 N–H and O–H groups in total. The van der Waals surface area contributed by atoms with Gasteiger partial charge < -0.3 is 10.5 Å². The van der Waals surface area contributed by atoms with Crippen molar-refractivity contribution in [3.63, 3.8) is 0 Å². The van der Waals surface area contributed by atoms with Crippen molar-refractivity contribution in [2.75, 3.05) is 13.7 Å². The van der Waals surface area contributed by atoms with Crippen molar-refractivity contribution < 1.29 is 13.5 Å². The molecular weight excluding hydrogens is 290 g/mol. The number of nitrogens with zero attached hydrogens (tertiary/aromatic N) is 3. The van der Waals surface area contributed by atoms with Crippen LogP contribution in [0.25, 0.3) is 11.4 Å². The summed E-state index contributed by atoms with van der Waals surface area (Å²) in [6, 6.07) is 4.55. The predicted octanol–water partition coefficient (Wildman–Crippen LogP) is 2.64. The minimum atomic E-state index is -2.79. The maximum atomic E-state index is 12.8. The monoisotopic (exact) mass is 302 g/mol. The molecule has 1 unspecified atom stereocenters. The first kappa shape index (κ1) is 14.8. The zero-order chi connectivity index (χ0) is 14.7. The molecule has 0 amide bonds. The number of hydrogen-bond donors (Lipinski definition) is 1. The van der Waals surface area contributed by atoms with E-state index < -0.39 is 6.55 Å². The Labute approximate surface area is 119 Å². The summed E-state index contributed by atoms with van der Waals surface area (Å²) < 4.78 is 31.1. The molecule has 0 aliphatic heterocycles. The molecule has 0 bridgehead atoms. The van der Waals surface area contributed by atoms with E-state index in [1.54, 1.807) is 18.2 Å². The number of benzene rings is 1. The lowest BCUT2D eigenvalue weighted by molar-refractivity contribution is 0.0582. The first-order chi connectivity index (χ1) is 9.54. The Kier molecular flexibility index (Phi) is 4.64. The van der Waals surface area contributed by atoms with Gasteiger partial charge in [0.25, 0.3) is 0 Å². The zero-order valence-corrected chi connectivity index (χ0v) is 11.4. The van der Waals surface area contributed by atoms with E-state index in [0.29, 0.717) is 21.9 Å². The molecule has 1 atom stereocenters. The van der Waals surface area contributed by atoms with Gasteiger partial charge in [0.1, 0.15) is 6.33 Å². The van der Waals surface area contributed by atoms with E-state index in [9.17, 15) is 8.78 Å². The molecular formula is C12H13ClF2N4O. The maximum absolute atomic E-state index is 12.8. The van der Waals surface area contributed by atoms with Crippen LogP contribution in [0.5, 0.6) is 0 Å². The zero-order valence-electron chi connectivity index (χ0n) is 10.6. The van der Waals surface area contributed by atoms with E-state index in [1.165, 1.54) is 7.11 Å². The summed E-state index contributed by atoms with van der Waals surface area (Å²) >= 11 is 6.05. The standard InChI is InChI=1S/C12H13ClF2N4O/c1-20-5-10(16)7-2-3-9(13)8(4-7)11-17-6-18-19(11)12(14)15/h2-4,6,10,12H,5,16H2,1H3. The van der Waals surface area contributed by atoms with Gasteiger partial charge in [-0.05, 0) is 17.7 Å². The number of ether oxygens (including phenoxy) is 1. The Morgan fingerprint density at radius 3 is 2.85 bits per heavy atom. The number of nitrogens with two attached hydrogens (primary N) is 1. The molecule has 0 aliphatic rings. The molecule has 2 aromatic rings. The molecule has 1 aromatic heterocycles. The third-order valence-electron chi connectivity index (χ3n) is 2.76. The van der Waals surface area contributed by atoms with Crippen molar-refractivity contribution in [1.82, 2.24) is 14.8 Å². The van der Waals surface area contributed by atoms with Crippen LogP contribution in [-0.2, 0) is 4.74 Å². The lowest BCUT2D eigenvalue weighted by atomic mass is 10.0. The molecule has 2 rings (SSSR count). The quantitative estimate of drug-likeness (QED) is 0.922. The number of hydrogen-bond acceptors (Lipinski definition) is 4. The average molecular weight is 303 g/mol. The SMILES string of the molecule is COCC(N)c1ccc(Cl)c(-c2ncnn2C(F)F)c1. The molecule has 0 aliphatic carbocycles. The van der Waals surface area contributed by atoms with Crippen molar-refractivity contribution in [3.8, 4) is 11.4 Å². The molecule has 20 heavy (non-hydrogen) atoms. The van der Waals surface area contributed by atoms with Gasteiger partial charge in [-0.3, -0.25) is 0 Å². The summed E-state index contributed by atoms with van der Waals surface area (Å²) in [6.07, 6.45) is 1.06. The second-order valence-electron chi connectivity index (χ2n) is 4.11. The lowest BCUT2D eigenvalue weighted by Crippen LogP contribution is -2.16. The molecule has 0 saturated heterocycles. The molecule has 5 nitrogen and oxygen atoms in total. The highest BCUT2D eigenvalue weighted by molar-refractivity contribution is 6.33. The summed E-state index contributed by atoms with van der Waals surface area (Å²) in [6.45, 7) is -2.48. The first-order valence-electron chi connectivity index (χ1n) is 5.76. The predicted molar refractivity (Wildman–Crippen MR) is 70.5 cm³/mol. The largest absolute Gasteiger partial charge is 0.383 e. The summed E-state index contributed by atoms with van der Waals surface area (Å²) in [4.78, 5) is 3.83. The van der Waals surface area contributed by atoms with Crippen LogP contribution in [0, 0.1) is 0 Å². The van der Waals surface area contributed by atoms with E-state index in [4.69, 9.17) is 22.1 Å². The van der Waals surface area contributed by atoms with Crippen molar-refractivity contribution in [3.05, 3.63) is 35.1 Å². The van der Waals surface area contributed by atoms with E-state index in [1.807, 2.05) is 0 Å². The lowest BCUT2D eigenvalue weighted by Gasteiger charge is -2.13. The van der Waals surface area contributed by atoms with Crippen molar-refractivity contribution in [2.45, 2.75) is 12.6 Å². The molecule has 0 spiro atoms. The van der Waals surface area contributed by atoms with Gasteiger partial charge >= 0.3 is 6.55 Å². The van der Waals surface area contributed by atoms with E-state index >= 15 is 0 Å². The van der Waals surface area contributed by atoms with Crippen LogP contribution in [0.1, 0.15) is 18.2 Å². The molecule has 108 valence electrons. The Morgan fingerprint density at radius 1 is 1.45 bits per heavy atom. The van der Waals surface area contributed by atoms with Crippen molar-refractivity contribution >= 4 is 11.6 Å². The topological polar surface area (TPSA) is 66.0 Å². The maximum Gasteiger partial charge on any atom is 0.335 e. The molecule has 1 aromatic carbocycles. The molecule has 0 radical (unpaired) electrons. The minimum absolute atomic E-state index is 0.00327. The van der Waals surface area contributed by atoms with E-state index in [-0.39, 0.29) is 11.9 Å². The Morgan fingerprint density at radius 2 is 2.20 bits per heavy atom. The van der Waals surface area contributed by atoms with Gasteiger partial charge in [0.05, 0.1) is 17.7 Å². The van der Waals surface area contributed by atoms with Gasteiger partial charge in [0, 0.05) is 12.7 Å². The summed E-state index contributed by atoms with van der Waals surface area (Å²) in [5.74, 6) is -0.00327. The third kappa shape index (κ3) is 2.95. The molecule has 8 heteroatoms. The third-order valence-corrected chi connectivity index (χ3v) is 3.09. The molecule has 0 fully saturated rings. The summed E-state index contributed by atoms with van der Waals surface area (Å²) in [7, 11) is 1.53. The Hall–Kier alpha value is -1.57. The minimum Gasteiger partial charge on any atom is -0.383 e. The van der Waals surface area contributed by atoms with Crippen LogP contribution < -0.4 is 5.73 Å². The Balaban J connectivity index is 2.45. The number of aromatic nitrogens is 3. The van der Waals surface area contributed by atoms with Crippen molar-refractivity contribution in [2.24, 2.45) is 5.73 Å². The van der Waals surface area contributed by atoms with E-state index in [0.717, 1.165) is 11.9 Å². The van der Waals surface area contributed by atoms with Gasteiger partial charge in [-0.25, -0.2) is 4.98 Å². The van der Waals surface area contributed by atoms with Gasteiger partial charge in [-0.2, -0.15) is 18.6 Å². The smallest absolute Gasteiger partial charge is 0.335 e. The number of rotatable bonds is 5. The summed E-state index contributed by atoms with van der Waals surface area (Å²) in [5.41, 5.74) is 6.99. The van der Waals surface area contributed by atoms with Gasteiger partial charge in [-0.15, -0.1) is 0 Å². The highest BCUT2D eigenvalue weighted by Gasteiger charge is 2.18. The van der Waals surface area contributed by atoms with Gasteiger partial charge in [-0.1, -0.05) is 17.7 Å². The van der Waals surface area contributed by atoms with Crippen LogP contribution in [0.4, 0.5) is 8.78 Å². The van der Waals surface area contributed by atoms with Gasteiger partial charge in [0.15, 0.2) is 5.82 Å². The van der Waals surface area contributed by atoms with Crippen LogP contribution in [0.2, 0.25) is 5.02 Å². The second kappa shape index (κ2) is 6.25. The van der Waals surface area contributed by atoms with E-state index in [2.05, 4.69) is 10.1 Å². The number of methoxy groups -OCH3 is 1. The summed E-state index contributed by atoms with van der Waals surface area (Å²) in [5, 5.41) is 3.78. The fourth-order valence-corrected chi connectivity index (χ4v) is 2.01. The van der Waals surface area contributed by atoms with Crippen LogP contribution in [-0.4, -0.2) is 28.5 Å². The van der Waals surface area contributed by atoms with Gasteiger partial charge in [0.2, 0.25) is 0 Å². The van der Waals surface area contributed by atoms with Crippen LogP contribution in [0.15, 0.2) is 24.5 Å². The average Bonchev–Trinajstić information content (AvgIpc) is 2.88. The normalized spacial score (nSPS) is 12.9. The van der Waals surface area contributed by atoms with Crippen LogP contribution in [0.3, 0.4) is 0 Å². The van der Waals surface area contributed by atoms with Crippen LogP contribution >= 0.6 is 11.6 Å². The highest BCUT2D eigenvalue weighted by atomic mass is 35.5. The number of halogens is 3. The molecule has 0 saturated carbocycles. The second-order valence-corrected chi connectivity index (χ2v) is 4.51. The fraction of sp³-hybridized carbons (Fsp3) is 0.333. The van der Waals surface area contributed by atoms with Crippen molar-refractivity contribution in [1.29, 1.82) is 0 Å². The Bertz CT molecular complexity index is 591. The number of alkyl halides is 2. The fourth-order valence-electron chi connectivity index (χ4n) is 1.81.